The molecule has 4 nitrogen and oxygen atoms in total. The summed E-state index contributed by atoms with van der Waals surface area (Å²) in [5, 5.41) is 14.9. The molecule has 0 aromatic rings. The molecule has 0 unspecified atom stereocenters. The van der Waals surface area contributed by atoms with Crippen LogP contribution >= 0.6 is 0 Å². The second kappa shape index (κ2) is 21.9. The summed E-state index contributed by atoms with van der Waals surface area (Å²) in [5.41, 5.74) is 0. The van der Waals surface area contributed by atoms with Crippen molar-refractivity contribution >= 4 is 5.97 Å². The highest BCUT2D eigenvalue weighted by Gasteiger charge is 1.95. The minimum atomic E-state index is -0.671. The zero-order valence-electron chi connectivity index (χ0n) is 17.0. The molecule has 1 heterocycles. The molecule has 0 bridgehead atoms. The van der Waals surface area contributed by atoms with E-state index >= 15 is 0 Å². The second-order valence-electron chi connectivity index (χ2n) is 6.87. The maximum Gasteiger partial charge on any atom is 0.303 e. The first-order valence-electron chi connectivity index (χ1n) is 10.7. The van der Waals surface area contributed by atoms with Gasteiger partial charge in [-0.2, -0.15) is 0 Å². The van der Waals surface area contributed by atoms with Crippen molar-refractivity contribution in [2.45, 2.75) is 84.0 Å². The Hall–Kier alpha value is -1.13. The molecule has 0 atom stereocenters. The van der Waals surface area contributed by atoms with Crippen LogP contribution in [0.2, 0.25) is 0 Å². The molecule has 1 aliphatic rings. The summed E-state index contributed by atoms with van der Waals surface area (Å²) in [6.45, 7) is 6.79. The molecule has 0 spiro atoms. The molecule has 0 radical (unpaired) electrons. The highest BCUT2D eigenvalue weighted by molar-refractivity contribution is 5.66. The maximum absolute atomic E-state index is 10.3. The third kappa shape index (κ3) is 22.9. The number of aliphatic carboxylic acids is 1. The number of hydrogen-bond donors (Lipinski definition) is 3. The Morgan fingerprint density at radius 1 is 0.769 bits per heavy atom. The maximum atomic E-state index is 10.3. The van der Waals surface area contributed by atoms with Gasteiger partial charge in [0.05, 0.1) is 0 Å². The fourth-order valence-electron chi connectivity index (χ4n) is 2.69. The van der Waals surface area contributed by atoms with Gasteiger partial charge in [0.25, 0.3) is 0 Å². The van der Waals surface area contributed by atoms with E-state index in [2.05, 4.69) is 41.9 Å². The predicted octanol–water partition coefficient (Wildman–Crippen LogP) is 5.06. The van der Waals surface area contributed by atoms with E-state index in [1.165, 1.54) is 44.9 Å². The summed E-state index contributed by atoms with van der Waals surface area (Å²) in [6.07, 6.45) is 22.3. The number of hydrogen-bond acceptors (Lipinski definition) is 3. The normalized spacial score (nSPS) is 14.5. The van der Waals surface area contributed by atoms with Crippen molar-refractivity contribution in [1.82, 2.24) is 10.6 Å². The molecule has 1 rings (SSSR count). The summed E-state index contributed by atoms with van der Waals surface area (Å²) in [7, 11) is 0. The van der Waals surface area contributed by atoms with Crippen LogP contribution in [-0.2, 0) is 4.79 Å². The van der Waals surface area contributed by atoms with Crippen molar-refractivity contribution in [2.75, 3.05) is 26.2 Å². The van der Waals surface area contributed by atoms with Crippen molar-refractivity contribution in [3.8, 4) is 0 Å². The van der Waals surface area contributed by atoms with Gasteiger partial charge >= 0.3 is 5.97 Å². The molecular formula is C22H42N2O2. The standard InChI is InChI=1S/C18H32O2.C4H10N2/c1-2-3-4-5-6-7-8-9-10-11-12-13-14-15-16-17-18(19)20;1-2-6-4-3-5-1/h6-7,9-10H,2-5,8,11-17H2,1H3,(H,19,20);5-6H,1-4H2/b7-6-,10-9-;. The lowest BCUT2D eigenvalue weighted by molar-refractivity contribution is -0.137. The van der Waals surface area contributed by atoms with Gasteiger partial charge in [0.2, 0.25) is 0 Å². The molecule has 0 saturated carbocycles. The van der Waals surface area contributed by atoms with E-state index in [0.717, 1.165) is 51.9 Å². The predicted molar refractivity (Wildman–Crippen MR) is 113 cm³/mol. The Kier molecular flexibility index (Phi) is 21.0. The zero-order chi connectivity index (χ0) is 19.1. The molecule has 3 N–H and O–H groups in total. The first-order chi connectivity index (χ1) is 12.8. The lowest BCUT2D eigenvalue weighted by Crippen LogP contribution is -2.39. The number of carboxylic acid groups (broad SMARTS) is 1. The van der Waals surface area contributed by atoms with Crippen molar-refractivity contribution in [3.63, 3.8) is 0 Å². The van der Waals surface area contributed by atoms with Gasteiger partial charge in [0, 0.05) is 32.6 Å². The first kappa shape index (κ1) is 24.9. The Balaban J connectivity index is 0.000000867. The van der Waals surface area contributed by atoms with Crippen molar-refractivity contribution < 1.29 is 9.90 Å². The lowest BCUT2D eigenvalue weighted by atomic mass is 10.1. The summed E-state index contributed by atoms with van der Waals surface area (Å²) in [4.78, 5) is 10.3. The fourth-order valence-corrected chi connectivity index (χ4v) is 2.69. The lowest BCUT2D eigenvalue weighted by Gasteiger charge is -2.11. The molecule has 1 fully saturated rings. The van der Waals surface area contributed by atoms with E-state index in [1.807, 2.05) is 0 Å². The summed E-state index contributed by atoms with van der Waals surface area (Å²) >= 11 is 0. The quantitative estimate of drug-likeness (QED) is 0.297. The Morgan fingerprint density at radius 2 is 1.27 bits per heavy atom. The number of unbranched alkanes of at least 4 members (excludes halogenated alkanes) is 8. The SMILES string of the molecule is C1CNCCN1.CCCCC/C=C\C/C=C\CCCCCCCC(=O)O. The summed E-state index contributed by atoms with van der Waals surface area (Å²) in [6, 6.07) is 0. The van der Waals surface area contributed by atoms with Crippen LogP contribution < -0.4 is 10.6 Å². The van der Waals surface area contributed by atoms with Crippen molar-refractivity contribution in [1.29, 1.82) is 0 Å². The molecule has 0 amide bonds. The smallest absolute Gasteiger partial charge is 0.303 e. The van der Waals surface area contributed by atoms with Crippen molar-refractivity contribution in [3.05, 3.63) is 24.3 Å². The van der Waals surface area contributed by atoms with Crippen LogP contribution in [0.15, 0.2) is 24.3 Å². The van der Waals surface area contributed by atoms with Crippen LogP contribution in [-0.4, -0.2) is 37.3 Å². The van der Waals surface area contributed by atoms with E-state index in [0.29, 0.717) is 6.42 Å². The van der Waals surface area contributed by atoms with Crippen LogP contribution in [0.5, 0.6) is 0 Å². The van der Waals surface area contributed by atoms with Gasteiger partial charge < -0.3 is 15.7 Å². The minimum Gasteiger partial charge on any atom is -0.481 e. The van der Waals surface area contributed by atoms with Crippen LogP contribution in [0.1, 0.15) is 84.0 Å². The average molecular weight is 367 g/mol. The number of piperazine rings is 1. The van der Waals surface area contributed by atoms with E-state index in [-0.39, 0.29) is 0 Å². The molecule has 0 aromatic heterocycles. The average Bonchev–Trinajstić information content (AvgIpc) is 2.66. The van der Waals surface area contributed by atoms with Crippen LogP contribution in [0.25, 0.3) is 0 Å². The van der Waals surface area contributed by atoms with Gasteiger partial charge in [-0.05, 0) is 38.5 Å². The number of rotatable bonds is 14. The minimum absolute atomic E-state index is 0.324. The van der Waals surface area contributed by atoms with E-state index in [4.69, 9.17) is 5.11 Å². The van der Waals surface area contributed by atoms with Crippen molar-refractivity contribution in [2.24, 2.45) is 0 Å². The van der Waals surface area contributed by atoms with E-state index in [1.54, 1.807) is 0 Å². The molecule has 1 saturated heterocycles. The number of allylic oxidation sites excluding steroid dienone is 4. The molecule has 0 aliphatic carbocycles. The van der Waals surface area contributed by atoms with Crippen LogP contribution in [0.3, 0.4) is 0 Å². The van der Waals surface area contributed by atoms with Gasteiger partial charge in [0.15, 0.2) is 0 Å². The second-order valence-corrected chi connectivity index (χ2v) is 6.87. The highest BCUT2D eigenvalue weighted by atomic mass is 16.4. The summed E-state index contributed by atoms with van der Waals surface area (Å²) < 4.78 is 0. The van der Waals surface area contributed by atoms with Gasteiger partial charge in [-0.3, -0.25) is 4.79 Å². The zero-order valence-corrected chi connectivity index (χ0v) is 17.0. The van der Waals surface area contributed by atoms with E-state index < -0.39 is 5.97 Å². The Morgan fingerprint density at radius 3 is 1.77 bits per heavy atom. The Bertz CT molecular complexity index is 339. The topological polar surface area (TPSA) is 61.4 Å². The first-order valence-corrected chi connectivity index (χ1v) is 10.7. The van der Waals surface area contributed by atoms with E-state index in [9.17, 15) is 4.79 Å². The molecule has 26 heavy (non-hydrogen) atoms. The fraction of sp³-hybridized carbons (Fsp3) is 0.773. The third-order valence-electron chi connectivity index (χ3n) is 4.30. The molecular weight excluding hydrogens is 324 g/mol. The monoisotopic (exact) mass is 366 g/mol. The highest BCUT2D eigenvalue weighted by Crippen LogP contribution is 2.08. The third-order valence-corrected chi connectivity index (χ3v) is 4.30. The summed E-state index contributed by atoms with van der Waals surface area (Å²) in [5.74, 6) is -0.671. The molecule has 152 valence electrons. The number of nitrogens with one attached hydrogen (secondary N) is 2. The molecule has 1 aliphatic heterocycles. The number of carbonyl (C=O) groups is 1. The number of carboxylic acids is 1. The van der Waals surface area contributed by atoms with Crippen LogP contribution in [0.4, 0.5) is 0 Å². The molecule has 4 heteroatoms. The van der Waals surface area contributed by atoms with Gasteiger partial charge in [-0.1, -0.05) is 63.3 Å². The van der Waals surface area contributed by atoms with Crippen LogP contribution in [0, 0.1) is 0 Å². The van der Waals surface area contributed by atoms with Gasteiger partial charge in [-0.25, -0.2) is 0 Å². The van der Waals surface area contributed by atoms with Gasteiger partial charge in [0.1, 0.15) is 0 Å². The largest absolute Gasteiger partial charge is 0.481 e. The molecule has 0 aromatic carbocycles. The van der Waals surface area contributed by atoms with Gasteiger partial charge in [-0.15, -0.1) is 0 Å². The Labute approximate surface area is 161 Å².